The molecule has 0 atom stereocenters. The molecule has 0 saturated carbocycles. The predicted molar refractivity (Wildman–Crippen MR) is 204 cm³/mol. The minimum Gasteiger partial charge on any atom is -0.428 e. The van der Waals surface area contributed by atoms with E-state index in [-0.39, 0.29) is 18.7 Å². The Balaban J connectivity index is 1.00. The number of aromatic nitrogens is 1. The van der Waals surface area contributed by atoms with Crippen molar-refractivity contribution in [3.63, 3.8) is 0 Å². The van der Waals surface area contributed by atoms with Crippen LogP contribution in [-0.4, -0.2) is 78.7 Å². The number of unbranched alkanes of at least 4 members (excludes halogenated alkanes) is 11. The molecule has 2 aliphatic heterocycles. The van der Waals surface area contributed by atoms with Gasteiger partial charge in [0.2, 0.25) is 5.91 Å². The van der Waals surface area contributed by atoms with E-state index in [1.807, 2.05) is 13.0 Å². The molecule has 2 amide bonds. The van der Waals surface area contributed by atoms with E-state index in [4.69, 9.17) is 20.7 Å². The van der Waals surface area contributed by atoms with Gasteiger partial charge in [-0.3, -0.25) is 14.6 Å². The van der Waals surface area contributed by atoms with Crippen molar-refractivity contribution in [1.82, 2.24) is 14.2 Å². The molecule has 49 heavy (non-hydrogen) atoms. The zero-order valence-electron chi connectivity index (χ0n) is 29.8. The van der Waals surface area contributed by atoms with E-state index in [0.29, 0.717) is 24.5 Å². The Bertz CT molecular complexity index is 1490. The summed E-state index contributed by atoms with van der Waals surface area (Å²) in [6, 6.07) is 12.4. The first-order valence-electron chi connectivity index (χ1n) is 18.8. The first kappa shape index (κ1) is 37.4. The predicted octanol–water partition coefficient (Wildman–Crippen LogP) is 9.32. The van der Waals surface area contributed by atoms with E-state index in [1.165, 1.54) is 74.3 Å². The van der Waals surface area contributed by atoms with Gasteiger partial charge < -0.3 is 14.5 Å². The summed E-state index contributed by atoms with van der Waals surface area (Å²) in [5.41, 5.74) is 2.75. The first-order valence-corrected chi connectivity index (χ1v) is 20.0. The van der Waals surface area contributed by atoms with Crippen molar-refractivity contribution >= 4 is 56.7 Å². The Kier molecular flexibility index (Phi) is 14.9. The summed E-state index contributed by atoms with van der Waals surface area (Å²) in [6.07, 6.45) is 16.2. The van der Waals surface area contributed by atoms with Crippen LogP contribution in [0.5, 0.6) is 0 Å². The second-order valence-electron chi connectivity index (χ2n) is 13.7. The molecule has 0 radical (unpaired) electrons. The molecule has 0 unspecified atom stereocenters. The Labute approximate surface area is 302 Å². The summed E-state index contributed by atoms with van der Waals surface area (Å²) in [5, 5.41) is 1.89. The topological polar surface area (TPSA) is 69.2 Å². The van der Waals surface area contributed by atoms with Crippen molar-refractivity contribution in [3.8, 4) is 0 Å². The lowest BCUT2D eigenvalue weighted by Gasteiger charge is -2.35. The van der Waals surface area contributed by atoms with E-state index in [9.17, 15) is 9.59 Å². The zero-order valence-corrected chi connectivity index (χ0v) is 31.3. The van der Waals surface area contributed by atoms with Crippen LogP contribution in [0, 0.1) is 0 Å². The van der Waals surface area contributed by atoms with Gasteiger partial charge in [0.15, 0.2) is 6.73 Å². The number of nitrogens with zero attached hydrogens (tertiary/aromatic N) is 5. The van der Waals surface area contributed by atoms with E-state index in [0.717, 1.165) is 74.6 Å². The fourth-order valence-corrected chi connectivity index (χ4v) is 8.12. The Morgan fingerprint density at radius 1 is 0.918 bits per heavy atom. The number of carbonyl (C=O) groups is 2. The van der Waals surface area contributed by atoms with Crippen LogP contribution in [0.25, 0.3) is 10.1 Å². The van der Waals surface area contributed by atoms with Gasteiger partial charge in [-0.2, -0.15) is 4.37 Å². The van der Waals surface area contributed by atoms with E-state index in [1.54, 1.807) is 21.3 Å². The normalized spacial score (nSPS) is 15.0. The molecule has 268 valence electrons. The fraction of sp³-hybridized carbons (Fsp3) is 0.615. The van der Waals surface area contributed by atoms with Crippen molar-refractivity contribution in [3.05, 3.63) is 52.5 Å². The Morgan fingerprint density at radius 3 is 2.29 bits per heavy atom. The number of hydrogen-bond donors (Lipinski definition) is 0. The van der Waals surface area contributed by atoms with Crippen molar-refractivity contribution in [1.29, 1.82) is 0 Å². The van der Waals surface area contributed by atoms with Gasteiger partial charge in [-0.1, -0.05) is 107 Å². The number of benzene rings is 2. The summed E-state index contributed by atoms with van der Waals surface area (Å²) in [7, 11) is 0. The standard InChI is InChI=1S/C39H56ClN5O3S/c1-3-5-6-7-8-9-10-11-12-13-14-17-21-43(4-2)39(47)48-30-45-35-29-34(40)31(27-32(35)28-37(45)46)20-22-42-23-25-44(26-24-42)38-33-18-15-16-19-36(33)49-41-38/h15-16,18-19,27,29H,3-14,17,20-26,28,30H2,1-2H3. The molecule has 1 fully saturated rings. The quantitative estimate of drug-likeness (QED) is 0.109. The Hall–Kier alpha value is -2.88. The summed E-state index contributed by atoms with van der Waals surface area (Å²) >= 11 is 8.34. The molecule has 3 aromatic rings. The van der Waals surface area contributed by atoms with Crippen molar-refractivity contribution in [2.45, 2.75) is 104 Å². The van der Waals surface area contributed by atoms with Crippen LogP contribution in [-0.2, 0) is 22.4 Å². The average Bonchev–Trinajstić information content (AvgIpc) is 3.68. The molecule has 3 heterocycles. The number of rotatable bonds is 20. The monoisotopic (exact) mass is 709 g/mol. The van der Waals surface area contributed by atoms with Crippen LogP contribution in [0.2, 0.25) is 5.02 Å². The van der Waals surface area contributed by atoms with Crippen LogP contribution in [0.1, 0.15) is 102 Å². The van der Waals surface area contributed by atoms with Crippen molar-refractivity contribution in [2.75, 3.05) is 62.3 Å². The highest BCUT2D eigenvalue weighted by Gasteiger charge is 2.30. The molecule has 1 aromatic heterocycles. The van der Waals surface area contributed by atoms with Gasteiger partial charge in [-0.15, -0.1) is 0 Å². The Morgan fingerprint density at radius 2 is 1.59 bits per heavy atom. The lowest BCUT2D eigenvalue weighted by atomic mass is 10.1. The second-order valence-corrected chi connectivity index (χ2v) is 14.9. The molecule has 8 nitrogen and oxygen atoms in total. The zero-order chi connectivity index (χ0) is 34.4. The molecule has 0 spiro atoms. The summed E-state index contributed by atoms with van der Waals surface area (Å²) in [5.74, 6) is 1.04. The molecule has 0 aliphatic carbocycles. The van der Waals surface area contributed by atoms with Gasteiger partial charge >= 0.3 is 6.09 Å². The van der Waals surface area contributed by atoms with Crippen LogP contribution in [0.4, 0.5) is 16.3 Å². The maximum Gasteiger partial charge on any atom is 0.411 e. The van der Waals surface area contributed by atoms with Gasteiger partial charge in [0.1, 0.15) is 5.82 Å². The molecule has 2 aliphatic rings. The van der Waals surface area contributed by atoms with Crippen LogP contribution < -0.4 is 9.80 Å². The first-order chi connectivity index (χ1) is 24.0. The van der Waals surface area contributed by atoms with E-state index in [2.05, 4.69) is 47.1 Å². The molecular weight excluding hydrogens is 654 g/mol. The van der Waals surface area contributed by atoms with Crippen molar-refractivity contribution < 1.29 is 14.3 Å². The van der Waals surface area contributed by atoms with Gasteiger partial charge in [0.05, 0.1) is 16.8 Å². The number of hydrogen-bond acceptors (Lipinski definition) is 7. The highest BCUT2D eigenvalue weighted by molar-refractivity contribution is 7.13. The van der Waals surface area contributed by atoms with Crippen molar-refractivity contribution in [2.24, 2.45) is 0 Å². The third-order valence-electron chi connectivity index (χ3n) is 10.1. The van der Waals surface area contributed by atoms with Gasteiger partial charge in [-0.25, -0.2) is 4.79 Å². The van der Waals surface area contributed by atoms with Gasteiger partial charge in [0, 0.05) is 56.2 Å². The van der Waals surface area contributed by atoms with Gasteiger partial charge in [0.25, 0.3) is 0 Å². The van der Waals surface area contributed by atoms with Crippen LogP contribution in [0.3, 0.4) is 0 Å². The molecule has 0 N–H and O–H groups in total. The second kappa shape index (κ2) is 19.5. The lowest BCUT2D eigenvalue weighted by molar-refractivity contribution is -0.118. The van der Waals surface area contributed by atoms with E-state index >= 15 is 0 Å². The smallest absolute Gasteiger partial charge is 0.411 e. The van der Waals surface area contributed by atoms with Crippen LogP contribution in [0.15, 0.2) is 36.4 Å². The number of piperazine rings is 1. The number of anilines is 2. The number of ether oxygens (including phenoxy) is 1. The largest absolute Gasteiger partial charge is 0.428 e. The third-order valence-corrected chi connectivity index (χ3v) is 11.3. The third kappa shape index (κ3) is 10.6. The number of carbonyl (C=O) groups excluding carboxylic acids is 2. The van der Waals surface area contributed by atoms with Crippen LogP contribution >= 0.6 is 23.1 Å². The summed E-state index contributed by atoms with van der Waals surface area (Å²) in [6.45, 7) is 10.2. The highest BCUT2D eigenvalue weighted by Crippen LogP contribution is 2.35. The summed E-state index contributed by atoms with van der Waals surface area (Å²) < 4.78 is 11.6. The number of halogens is 1. The minimum absolute atomic E-state index is 0.0642. The molecular formula is C39H56ClN5O3S. The van der Waals surface area contributed by atoms with E-state index < -0.39 is 0 Å². The average molecular weight is 710 g/mol. The SMILES string of the molecule is CCCCCCCCCCCCCCN(CC)C(=O)OCN1C(=O)Cc2cc(CCN3CCN(c4nsc5ccccc45)CC3)c(Cl)cc21. The molecule has 0 bridgehead atoms. The molecule has 5 rings (SSSR count). The minimum atomic E-state index is -0.363. The molecule has 2 aromatic carbocycles. The maximum atomic E-state index is 13.0. The molecule has 1 saturated heterocycles. The number of fused-ring (bicyclic) bond motifs is 2. The number of amides is 2. The molecule has 10 heteroatoms. The summed E-state index contributed by atoms with van der Waals surface area (Å²) in [4.78, 5) is 34.1. The van der Waals surface area contributed by atoms with Gasteiger partial charge in [-0.05, 0) is 60.6 Å². The maximum absolute atomic E-state index is 13.0. The lowest BCUT2D eigenvalue weighted by Crippen LogP contribution is -2.47. The fourth-order valence-electron chi connectivity index (χ4n) is 7.07. The highest BCUT2D eigenvalue weighted by atomic mass is 35.5.